The molecule has 0 spiro atoms. The molecule has 0 N–H and O–H groups in total. The van der Waals surface area contributed by atoms with Gasteiger partial charge in [-0.1, -0.05) is 57.9 Å². The summed E-state index contributed by atoms with van der Waals surface area (Å²) < 4.78 is 45.6. The molecule has 1 aliphatic rings. The van der Waals surface area contributed by atoms with E-state index in [1.807, 2.05) is 0 Å². The minimum atomic E-state index is -1.13. The van der Waals surface area contributed by atoms with Crippen LogP contribution >= 0.6 is 0 Å². The van der Waals surface area contributed by atoms with Crippen LogP contribution in [0.3, 0.4) is 0 Å². The summed E-state index contributed by atoms with van der Waals surface area (Å²) in [6.45, 7) is 2.23. The fraction of sp³-hybridized carbons (Fsp3) is 0.480. The van der Waals surface area contributed by atoms with Crippen molar-refractivity contribution in [3.63, 3.8) is 0 Å². The van der Waals surface area contributed by atoms with Crippen molar-refractivity contribution in [2.75, 3.05) is 0 Å². The van der Waals surface area contributed by atoms with Gasteiger partial charge in [0.1, 0.15) is 11.6 Å². The smallest absolute Gasteiger partial charge is 0.346 e. The molecule has 2 aromatic rings. The molecule has 0 atom stereocenters. The van der Waals surface area contributed by atoms with E-state index in [0.29, 0.717) is 5.92 Å². The molecule has 1 saturated carbocycles. The molecule has 162 valence electrons. The van der Waals surface area contributed by atoms with E-state index in [9.17, 15) is 18.0 Å². The minimum absolute atomic E-state index is 0.170. The lowest BCUT2D eigenvalue weighted by Gasteiger charge is -2.28. The van der Waals surface area contributed by atoms with Gasteiger partial charge in [-0.2, -0.15) is 0 Å². The summed E-state index contributed by atoms with van der Waals surface area (Å²) in [5.41, 5.74) is 0.630. The van der Waals surface area contributed by atoms with E-state index in [2.05, 4.69) is 6.92 Å². The third-order valence-electron chi connectivity index (χ3n) is 6.13. The Morgan fingerprint density at radius 1 is 0.900 bits per heavy atom. The van der Waals surface area contributed by atoms with Gasteiger partial charge in [-0.3, -0.25) is 0 Å². The Morgan fingerprint density at radius 2 is 1.60 bits per heavy atom. The zero-order valence-corrected chi connectivity index (χ0v) is 17.4. The second kappa shape index (κ2) is 10.6. The lowest BCUT2D eigenvalue weighted by atomic mass is 9.78. The van der Waals surface area contributed by atoms with Gasteiger partial charge in [-0.25, -0.2) is 18.0 Å². The molecule has 0 heterocycles. The van der Waals surface area contributed by atoms with Crippen molar-refractivity contribution in [2.24, 2.45) is 11.8 Å². The van der Waals surface area contributed by atoms with E-state index in [1.165, 1.54) is 57.1 Å². The SMILES string of the molecule is CCCC[C@H]1CC[C@H](CCc2ccc(C(=O)Oc3ccc(F)c(F)c3)c(F)c2)CC1. The second-order valence-electron chi connectivity index (χ2n) is 8.35. The minimum Gasteiger partial charge on any atom is -0.423 e. The number of hydrogen-bond donors (Lipinski definition) is 0. The molecule has 1 fully saturated rings. The molecule has 0 aromatic heterocycles. The van der Waals surface area contributed by atoms with Crippen molar-refractivity contribution in [2.45, 2.75) is 64.7 Å². The average molecular weight is 418 g/mol. The number of carbonyl (C=O) groups excluding carboxylic acids is 1. The van der Waals surface area contributed by atoms with Crippen LogP contribution in [0.1, 0.15) is 74.2 Å². The third-order valence-corrected chi connectivity index (χ3v) is 6.13. The third kappa shape index (κ3) is 6.10. The maximum Gasteiger partial charge on any atom is 0.346 e. The molecule has 2 aromatic carbocycles. The molecular formula is C25H29F3O2. The summed E-state index contributed by atoms with van der Waals surface area (Å²) in [6.07, 6.45) is 10.8. The number of halogens is 3. The van der Waals surface area contributed by atoms with E-state index >= 15 is 0 Å². The highest BCUT2D eigenvalue weighted by Gasteiger charge is 2.21. The Hall–Kier alpha value is -2.30. The molecule has 0 amide bonds. The number of aryl methyl sites for hydroxylation is 1. The van der Waals surface area contributed by atoms with Crippen LogP contribution in [0.4, 0.5) is 13.2 Å². The first-order valence-electron chi connectivity index (χ1n) is 10.9. The molecule has 5 heteroatoms. The van der Waals surface area contributed by atoms with Gasteiger partial charge >= 0.3 is 5.97 Å². The predicted molar refractivity (Wildman–Crippen MR) is 111 cm³/mol. The monoisotopic (exact) mass is 418 g/mol. The molecule has 3 rings (SSSR count). The lowest BCUT2D eigenvalue weighted by Crippen LogP contribution is -2.15. The zero-order chi connectivity index (χ0) is 21.5. The van der Waals surface area contributed by atoms with E-state index in [4.69, 9.17) is 4.74 Å². The highest BCUT2D eigenvalue weighted by molar-refractivity contribution is 5.91. The average Bonchev–Trinajstić information content (AvgIpc) is 2.74. The van der Waals surface area contributed by atoms with Crippen LogP contribution < -0.4 is 4.74 Å². The van der Waals surface area contributed by atoms with Crippen LogP contribution in [0.5, 0.6) is 5.75 Å². The standard InChI is InChI=1S/C25H29F3O2/c1-2-3-4-17-5-7-18(8-6-17)9-10-19-11-13-21(23(27)15-19)25(29)30-20-12-14-22(26)24(28)16-20/h11-18H,2-10H2,1H3/t17-,18-. The van der Waals surface area contributed by atoms with Gasteiger partial charge in [0.2, 0.25) is 0 Å². The van der Waals surface area contributed by atoms with Crippen molar-refractivity contribution in [1.29, 1.82) is 0 Å². The van der Waals surface area contributed by atoms with Gasteiger partial charge in [0, 0.05) is 6.07 Å². The molecule has 0 aliphatic heterocycles. The Morgan fingerprint density at radius 3 is 2.23 bits per heavy atom. The number of carbonyl (C=O) groups is 1. The van der Waals surface area contributed by atoms with Gasteiger partial charge in [0.25, 0.3) is 0 Å². The largest absolute Gasteiger partial charge is 0.423 e. The van der Waals surface area contributed by atoms with E-state index in [-0.39, 0.29) is 11.3 Å². The summed E-state index contributed by atoms with van der Waals surface area (Å²) in [7, 11) is 0. The number of rotatable bonds is 8. The van der Waals surface area contributed by atoms with Crippen LogP contribution in [-0.2, 0) is 6.42 Å². The number of hydrogen-bond acceptors (Lipinski definition) is 2. The van der Waals surface area contributed by atoms with Crippen molar-refractivity contribution in [3.8, 4) is 5.75 Å². The predicted octanol–water partition coefficient (Wildman–Crippen LogP) is 7.25. The van der Waals surface area contributed by atoms with Gasteiger partial charge in [0.15, 0.2) is 11.6 Å². The topological polar surface area (TPSA) is 26.3 Å². The van der Waals surface area contributed by atoms with E-state index < -0.39 is 23.4 Å². The van der Waals surface area contributed by atoms with E-state index in [0.717, 1.165) is 42.5 Å². The first kappa shape index (κ1) is 22.4. The fourth-order valence-corrected chi connectivity index (χ4v) is 4.25. The summed E-state index contributed by atoms with van der Waals surface area (Å²) in [6, 6.07) is 7.24. The van der Waals surface area contributed by atoms with E-state index in [1.54, 1.807) is 6.07 Å². The molecule has 0 bridgehead atoms. The number of esters is 1. The molecule has 0 unspecified atom stereocenters. The van der Waals surface area contributed by atoms with Gasteiger partial charge in [-0.15, -0.1) is 0 Å². The number of ether oxygens (including phenoxy) is 1. The van der Waals surface area contributed by atoms with Crippen LogP contribution in [0.25, 0.3) is 0 Å². The second-order valence-corrected chi connectivity index (χ2v) is 8.35. The molecule has 2 nitrogen and oxygen atoms in total. The molecule has 0 saturated heterocycles. The quantitative estimate of drug-likeness (QED) is 0.333. The first-order valence-corrected chi connectivity index (χ1v) is 10.9. The summed E-state index contributed by atoms with van der Waals surface area (Å²) in [5, 5.41) is 0. The molecule has 30 heavy (non-hydrogen) atoms. The van der Waals surface area contributed by atoms with Crippen molar-refractivity contribution >= 4 is 5.97 Å². The fourth-order valence-electron chi connectivity index (χ4n) is 4.25. The maximum atomic E-state index is 14.4. The van der Waals surface area contributed by atoms with Crippen LogP contribution in [0.2, 0.25) is 0 Å². The van der Waals surface area contributed by atoms with Gasteiger partial charge in [0.05, 0.1) is 5.56 Å². The Labute approximate surface area is 176 Å². The highest BCUT2D eigenvalue weighted by Crippen LogP contribution is 2.34. The summed E-state index contributed by atoms with van der Waals surface area (Å²) >= 11 is 0. The normalized spacial score (nSPS) is 18.9. The van der Waals surface area contributed by atoms with Crippen molar-refractivity contribution < 1.29 is 22.7 Å². The van der Waals surface area contributed by atoms with Crippen LogP contribution in [0, 0.1) is 29.3 Å². The Bertz CT molecular complexity index is 857. The first-order chi connectivity index (χ1) is 14.5. The van der Waals surface area contributed by atoms with Crippen LogP contribution in [0.15, 0.2) is 36.4 Å². The number of unbranched alkanes of at least 4 members (excludes halogenated alkanes) is 1. The summed E-state index contributed by atoms with van der Waals surface area (Å²) in [4.78, 5) is 12.2. The number of benzene rings is 2. The Balaban J connectivity index is 1.51. The lowest BCUT2D eigenvalue weighted by molar-refractivity contribution is 0.0729. The highest BCUT2D eigenvalue weighted by atomic mass is 19.2. The maximum absolute atomic E-state index is 14.4. The molecule has 0 radical (unpaired) electrons. The van der Waals surface area contributed by atoms with Crippen molar-refractivity contribution in [1.82, 2.24) is 0 Å². The van der Waals surface area contributed by atoms with Gasteiger partial charge in [-0.05, 0) is 54.5 Å². The zero-order valence-electron chi connectivity index (χ0n) is 17.4. The molecule has 1 aliphatic carbocycles. The van der Waals surface area contributed by atoms with Crippen molar-refractivity contribution in [3.05, 3.63) is 65.0 Å². The Kier molecular flexibility index (Phi) is 7.94. The van der Waals surface area contributed by atoms with Crippen LogP contribution in [-0.4, -0.2) is 5.97 Å². The molecular weight excluding hydrogens is 389 g/mol. The van der Waals surface area contributed by atoms with Gasteiger partial charge < -0.3 is 4.74 Å². The summed E-state index contributed by atoms with van der Waals surface area (Å²) in [5.74, 6) is -2.38.